The molecule has 0 unspecified atom stereocenters. The minimum Gasteiger partial charge on any atom is -0.360 e. The summed E-state index contributed by atoms with van der Waals surface area (Å²) in [6, 6.07) is 9.55. The Morgan fingerprint density at radius 3 is 2.57 bits per heavy atom. The molecule has 0 aliphatic rings. The quantitative estimate of drug-likeness (QED) is 0.870. The molecule has 2 aromatic rings. The maximum Gasteiger partial charge on any atom is 0.255 e. The van der Waals surface area contributed by atoms with E-state index in [1.807, 2.05) is 51.2 Å². The first-order valence-corrected chi connectivity index (χ1v) is 8.07. The highest BCUT2D eigenvalue weighted by Crippen LogP contribution is 2.16. The molecule has 1 heterocycles. The van der Waals surface area contributed by atoms with Gasteiger partial charge in [-0.1, -0.05) is 19.4 Å². The van der Waals surface area contributed by atoms with E-state index in [-0.39, 0.29) is 5.91 Å². The number of carbonyl (C=O) groups is 1. The molecule has 0 saturated carbocycles. The van der Waals surface area contributed by atoms with Crippen molar-refractivity contribution >= 4 is 17.4 Å². The molecular formula is C19H25N3O. The first-order valence-electron chi connectivity index (χ1n) is 8.07. The maximum absolute atomic E-state index is 12.3. The fourth-order valence-electron chi connectivity index (χ4n) is 2.28. The summed E-state index contributed by atoms with van der Waals surface area (Å²) < 4.78 is 0. The lowest BCUT2D eigenvalue weighted by atomic mass is 10.1. The fraction of sp³-hybridized carbons (Fsp3) is 0.368. The molecule has 0 aliphatic carbocycles. The number of aromatic nitrogens is 1. The van der Waals surface area contributed by atoms with Crippen molar-refractivity contribution in [3.05, 3.63) is 53.2 Å². The smallest absolute Gasteiger partial charge is 0.255 e. The van der Waals surface area contributed by atoms with Gasteiger partial charge in [-0.2, -0.15) is 0 Å². The number of aryl methyl sites for hydroxylation is 2. The molecule has 0 bridgehead atoms. The summed E-state index contributed by atoms with van der Waals surface area (Å²) in [5, 5.41) is 2.89. The number of nitrogens with one attached hydrogen (secondary N) is 1. The molecule has 1 amide bonds. The number of unbranched alkanes of at least 4 members (excludes halogenated alkanes) is 1. The van der Waals surface area contributed by atoms with Gasteiger partial charge in [0.1, 0.15) is 5.82 Å². The van der Waals surface area contributed by atoms with Gasteiger partial charge in [0.15, 0.2) is 0 Å². The zero-order valence-corrected chi connectivity index (χ0v) is 14.4. The van der Waals surface area contributed by atoms with Crippen LogP contribution in [0.2, 0.25) is 0 Å². The van der Waals surface area contributed by atoms with Crippen molar-refractivity contribution in [2.24, 2.45) is 0 Å². The third-order valence-electron chi connectivity index (χ3n) is 4.01. The number of hydrogen-bond donors (Lipinski definition) is 1. The fourth-order valence-corrected chi connectivity index (χ4v) is 2.28. The van der Waals surface area contributed by atoms with E-state index in [1.165, 1.54) is 5.56 Å². The van der Waals surface area contributed by atoms with Gasteiger partial charge in [0.25, 0.3) is 5.91 Å². The molecular weight excluding hydrogens is 286 g/mol. The largest absolute Gasteiger partial charge is 0.360 e. The third kappa shape index (κ3) is 4.55. The highest BCUT2D eigenvalue weighted by atomic mass is 16.1. The van der Waals surface area contributed by atoms with Gasteiger partial charge in [-0.3, -0.25) is 4.79 Å². The highest BCUT2D eigenvalue weighted by Gasteiger charge is 2.08. The van der Waals surface area contributed by atoms with Crippen LogP contribution in [0.1, 0.15) is 41.3 Å². The van der Waals surface area contributed by atoms with Crippen molar-refractivity contribution in [1.29, 1.82) is 0 Å². The van der Waals surface area contributed by atoms with E-state index < -0.39 is 0 Å². The molecule has 0 spiro atoms. The Labute approximate surface area is 138 Å². The lowest BCUT2D eigenvalue weighted by Gasteiger charge is -2.17. The summed E-state index contributed by atoms with van der Waals surface area (Å²) in [7, 11) is 2.03. The van der Waals surface area contributed by atoms with Crippen LogP contribution in [0, 0.1) is 13.8 Å². The number of amides is 1. The average Bonchev–Trinajstić information content (AvgIpc) is 2.55. The first kappa shape index (κ1) is 17.0. The van der Waals surface area contributed by atoms with Gasteiger partial charge in [-0.25, -0.2) is 4.98 Å². The number of carbonyl (C=O) groups excluding carboxylic acids is 1. The zero-order chi connectivity index (χ0) is 16.8. The van der Waals surface area contributed by atoms with Gasteiger partial charge in [0.2, 0.25) is 0 Å². The predicted octanol–water partition coefficient (Wildman–Crippen LogP) is 4.19. The summed E-state index contributed by atoms with van der Waals surface area (Å²) in [5.41, 5.74) is 3.67. The monoisotopic (exact) mass is 311 g/mol. The Bertz CT molecular complexity index is 665. The van der Waals surface area contributed by atoms with Crippen LogP contribution in [-0.4, -0.2) is 24.5 Å². The Balaban J connectivity index is 2.02. The molecule has 1 aromatic carbocycles. The normalized spacial score (nSPS) is 10.4. The molecule has 0 fully saturated rings. The second kappa shape index (κ2) is 7.77. The third-order valence-corrected chi connectivity index (χ3v) is 4.01. The van der Waals surface area contributed by atoms with Gasteiger partial charge in [0, 0.05) is 19.2 Å². The van der Waals surface area contributed by atoms with E-state index in [2.05, 4.69) is 22.1 Å². The van der Waals surface area contributed by atoms with Crippen molar-refractivity contribution in [2.45, 2.75) is 33.6 Å². The predicted molar refractivity (Wildman–Crippen MR) is 96.3 cm³/mol. The van der Waals surface area contributed by atoms with Crippen LogP contribution in [0.25, 0.3) is 0 Å². The summed E-state index contributed by atoms with van der Waals surface area (Å²) in [4.78, 5) is 18.8. The average molecular weight is 311 g/mol. The summed E-state index contributed by atoms with van der Waals surface area (Å²) in [6.07, 6.45) is 4.01. The number of hydrogen-bond acceptors (Lipinski definition) is 3. The van der Waals surface area contributed by atoms with Crippen LogP contribution in [0.15, 0.2) is 36.5 Å². The van der Waals surface area contributed by atoms with Crippen LogP contribution in [0.3, 0.4) is 0 Å². The van der Waals surface area contributed by atoms with Crippen molar-refractivity contribution in [3.8, 4) is 0 Å². The molecule has 4 nitrogen and oxygen atoms in total. The Hall–Kier alpha value is -2.36. The topological polar surface area (TPSA) is 45.2 Å². The zero-order valence-electron chi connectivity index (χ0n) is 14.4. The molecule has 122 valence electrons. The second-order valence-electron chi connectivity index (χ2n) is 5.93. The summed E-state index contributed by atoms with van der Waals surface area (Å²) in [6.45, 7) is 7.20. The Morgan fingerprint density at radius 2 is 1.96 bits per heavy atom. The van der Waals surface area contributed by atoms with Crippen molar-refractivity contribution in [1.82, 2.24) is 4.98 Å². The Morgan fingerprint density at radius 1 is 1.17 bits per heavy atom. The first-order chi connectivity index (χ1) is 11.0. The van der Waals surface area contributed by atoms with Gasteiger partial charge < -0.3 is 10.2 Å². The van der Waals surface area contributed by atoms with E-state index in [9.17, 15) is 4.79 Å². The maximum atomic E-state index is 12.3. The van der Waals surface area contributed by atoms with Gasteiger partial charge >= 0.3 is 0 Å². The van der Waals surface area contributed by atoms with E-state index in [1.54, 1.807) is 6.20 Å². The van der Waals surface area contributed by atoms with Crippen LogP contribution in [-0.2, 0) is 0 Å². The van der Waals surface area contributed by atoms with Crippen LogP contribution in [0.4, 0.5) is 11.5 Å². The molecule has 4 heteroatoms. The Kier molecular flexibility index (Phi) is 5.74. The lowest BCUT2D eigenvalue weighted by molar-refractivity contribution is 0.102. The van der Waals surface area contributed by atoms with Crippen LogP contribution < -0.4 is 10.2 Å². The summed E-state index contributed by atoms with van der Waals surface area (Å²) >= 11 is 0. The molecule has 1 aromatic heterocycles. The van der Waals surface area contributed by atoms with E-state index in [0.29, 0.717) is 11.3 Å². The number of anilines is 2. The number of nitrogens with zero attached hydrogens (tertiary/aromatic N) is 2. The summed E-state index contributed by atoms with van der Waals surface area (Å²) in [5.74, 6) is 0.810. The van der Waals surface area contributed by atoms with Crippen molar-refractivity contribution in [2.75, 3.05) is 23.8 Å². The molecule has 23 heavy (non-hydrogen) atoms. The van der Waals surface area contributed by atoms with Gasteiger partial charge in [-0.15, -0.1) is 0 Å². The van der Waals surface area contributed by atoms with Crippen LogP contribution in [0.5, 0.6) is 0 Å². The van der Waals surface area contributed by atoms with Crippen molar-refractivity contribution < 1.29 is 4.79 Å². The molecule has 0 radical (unpaired) electrons. The minimum atomic E-state index is -0.109. The molecule has 0 saturated heterocycles. The second-order valence-corrected chi connectivity index (χ2v) is 5.93. The molecule has 0 atom stereocenters. The highest BCUT2D eigenvalue weighted by molar-refractivity contribution is 6.04. The van der Waals surface area contributed by atoms with E-state index >= 15 is 0 Å². The van der Waals surface area contributed by atoms with Crippen LogP contribution >= 0.6 is 0 Å². The van der Waals surface area contributed by atoms with Gasteiger partial charge in [-0.05, 0) is 55.7 Å². The molecule has 0 aliphatic heterocycles. The number of pyridine rings is 1. The van der Waals surface area contributed by atoms with E-state index in [0.717, 1.165) is 30.8 Å². The van der Waals surface area contributed by atoms with Crippen molar-refractivity contribution in [3.63, 3.8) is 0 Å². The molecule has 2 rings (SSSR count). The molecule has 1 N–H and O–H groups in total. The van der Waals surface area contributed by atoms with E-state index in [4.69, 9.17) is 0 Å². The number of benzene rings is 1. The lowest BCUT2D eigenvalue weighted by Crippen LogP contribution is -2.19. The standard InChI is InChI=1S/C19H25N3O/c1-5-6-11-22(4)18-10-9-17(13-20-18)21-19(23)16-8-7-14(2)15(3)12-16/h7-10,12-13H,5-6,11H2,1-4H3,(H,21,23). The number of rotatable bonds is 6. The SMILES string of the molecule is CCCCN(C)c1ccc(NC(=O)c2ccc(C)c(C)c2)cn1. The minimum absolute atomic E-state index is 0.109. The van der Waals surface area contributed by atoms with Gasteiger partial charge in [0.05, 0.1) is 11.9 Å².